The van der Waals surface area contributed by atoms with Crippen molar-refractivity contribution in [2.45, 2.75) is 18.9 Å². The summed E-state index contributed by atoms with van der Waals surface area (Å²) in [5, 5.41) is 16.1. The van der Waals surface area contributed by atoms with Crippen LogP contribution >= 0.6 is 0 Å². The molecule has 0 saturated carbocycles. The lowest BCUT2D eigenvalue weighted by Crippen LogP contribution is -2.26. The van der Waals surface area contributed by atoms with Crippen LogP contribution in [0.15, 0.2) is 48.5 Å². The Morgan fingerprint density at radius 3 is 2.57 bits per heavy atom. The van der Waals surface area contributed by atoms with Gasteiger partial charge in [-0.15, -0.1) is 0 Å². The average Bonchev–Trinajstić information content (AvgIpc) is 2.76. The topological polar surface area (TPSA) is 38.0 Å². The van der Waals surface area contributed by atoms with Gasteiger partial charge in [0.2, 0.25) is 0 Å². The second kappa shape index (κ2) is 4.97. The van der Waals surface area contributed by atoms with Crippen molar-refractivity contribution in [3.05, 3.63) is 65.6 Å². The van der Waals surface area contributed by atoms with Gasteiger partial charge in [-0.2, -0.15) is 5.10 Å². The van der Waals surface area contributed by atoms with Crippen molar-refractivity contribution in [1.29, 1.82) is 0 Å². The van der Waals surface area contributed by atoms with Gasteiger partial charge in [0.05, 0.1) is 16.8 Å². The zero-order valence-corrected chi connectivity index (χ0v) is 12.0. The van der Waals surface area contributed by atoms with E-state index in [9.17, 15) is 9.50 Å². The minimum atomic E-state index is -1.30. The molecular formula is C17H17FN2O. The summed E-state index contributed by atoms with van der Waals surface area (Å²) in [6.45, 7) is 1.62. The highest BCUT2D eigenvalue weighted by atomic mass is 19.1. The molecule has 1 atom stereocenters. The van der Waals surface area contributed by atoms with Gasteiger partial charge >= 0.3 is 0 Å². The van der Waals surface area contributed by atoms with E-state index in [0.29, 0.717) is 5.56 Å². The molecule has 1 N–H and O–H groups in total. The van der Waals surface area contributed by atoms with Gasteiger partial charge in [0.1, 0.15) is 5.82 Å². The maximum Gasteiger partial charge on any atom is 0.129 e. The van der Waals surface area contributed by atoms with E-state index in [4.69, 9.17) is 0 Å². The Morgan fingerprint density at radius 1 is 1.14 bits per heavy atom. The molecule has 1 heterocycles. The molecule has 108 valence electrons. The molecule has 2 aromatic carbocycles. The van der Waals surface area contributed by atoms with Crippen LogP contribution in [0.2, 0.25) is 0 Å². The van der Waals surface area contributed by atoms with Crippen molar-refractivity contribution in [2.24, 2.45) is 7.05 Å². The third-order valence-electron chi connectivity index (χ3n) is 3.80. The molecule has 21 heavy (non-hydrogen) atoms. The maximum absolute atomic E-state index is 13.9. The molecule has 0 radical (unpaired) electrons. The first-order valence-electron chi connectivity index (χ1n) is 6.87. The lowest BCUT2D eigenvalue weighted by atomic mass is 9.90. The number of aryl methyl sites for hydroxylation is 1. The number of fused-ring (bicyclic) bond motifs is 1. The van der Waals surface area contributed by atoms with Crippen molar-refractivity contribution >= 4 is 10.9 Å². The smallest absolute Gasteiger partial charge is 0.129 e. The molecule has 1 aromatic heterocycles. The Balaban J connectivity index is 2.04. The van der Waals surface area contributed by atoms with Crippen LogP contribution in [0.1, 0.15) is 18.2 Å². The molecule has 0 aliphatic rings. The Labute approximate surface area is 122 Å². The van der Waals surface area contributed by atoms with Gasteiger partial charge in [-0.25, -0.2) is 4.39 Å². The zero-order chi connectivity index (χ0) is 15.0. The van der Waals surface area contributed by atoms with Crippen molar-refractivity contribution in [2.75, 3.05) is 0 Å². The fourth-order valence-corrected chi connectivity index (χ4v) is 2.74. The number of hydrogen-bond acceptors (Lipinski definition) is 2. The minimum absolute atomic E-state index is 0.259. The first-order chi connectivity index (χ1) is 9.99. The number of rotatable bonds is 3. The summed E-state index contributed by atoms with van der Waals surface area (Å²) in [7, 11) is 1.86. The molecular weight excluding hydrogens is 267 g/mol. The number of hydrogen-bond donors (Lipinski definition) is 1. The Bertz CT molecular complexity index is 792. The van der Waals surface area contributed by atoms with Crippen LogP contribution in [0.5, 0.6) is 0 Å². The fourth-order valence-electron chi connectivity index (χ4n) is 2.74. The summed E-state index contributed by atoms with van der Waals surface area (Å²) in [5.74, 6) is -0.400. The Kier molecular flexibility index (Phi) is 3.26. The molecule has 0 bridgehead atoms. The standard InChI is InChI=1S/C17H17FN2O/c1-17(21,13-8-4-5-9-14(13)18)11-15-12-7-3-6-10-16(12)20(2)19-15/h3-10,21H,11H2,1-2H3. The van der Waals surface area contributed by atoms with Gasteiger partial charge in [0.15, 0.2) is 0 Å². The first kappa shape index (κ1) is 13.8. The van der Waals surface area contributed by atoms with Crippen LogP contribution in [-0.4, -0.2) is 14.9 Å². The van der Waals surface area contributed by atoms with E-state index in [1.54, 1.807) is 29.8 Å². The van der Waals surface area contributed by atoms with Crippen LogP contribution in [0.4, 0.5) is 4.39 Å². The highest BCUT2D eigenvalue weighted by Crippen LogP contribution is 2.29. The average molecular weight is 284 g/mol. The summed E-state index contributed by atoms with van der Waals surface area (Å²) < 4.78 is 15.7. The van der Waals surface area contributed by atoms with Crippen LogP contribution in [0.3, 0.4) is 0 Å². The summed E-state index contributed by atoms with van der Waals surface area (Å²) in [4.78, 5) is 0. The molecule has 0 saturated heterocycles. The van der Waals surface area contributed by atoms with E-state index in [1.807, 2.05) is 31.3 Å². The van der Waals surface area contributed by atoms with Gasteiger partial charge in [0, 0.05) is 24.4 Å². The fraction of sp³-hybridized carbons (Fsp3) is 0.235. The van der Waals surface area contributed by atoms with Crippen LogP contribution in [0.25, 0.3) is 10.9 Å². The van der Waals surface area contributed by atoms with Gasteiger partial charge in [-0.3, -0.25) is 4.68 Å². The molecule has 3 aromatic rings. The number of halogens is 1. The predicted octanol–water partition coefficient (Wildman–Crippen LogP) is 3.16. The quantitative estimate of drug-likeness (QED) is 0.802. The molecule has 0 spiro atoms. The summed E-state index contributed by atoms with van der Waals surface area (Å²) in [6.07, 6.45) is 0.259. The molecule has 4 heteroatoms. The summed E-state index contributed by atoms with van der Waals surface area (Å²) >= 11 is 0. The van der Waals surface area contributed by atoms with Gasteiger partial charge in [0.25, 0.3) is 0 Å². The van der Waals surface area contributed by atoms with Crippen LogP contribution in [0, 0.1) is 5.82 Å². The summed E-state index contributed by atoms with van der Waals surface area (Å²) in [5.41, 5.74) is 0.751. The molecule has 3 nitrogen and oxygen atoms in total. The lowest BCUT2D eigenvalue weighted by molar-refractivity contribution is 0.0530. The minimum Gasteiger partial charge on any atom is -0.385 e. The third kappa shape index (κ3) is 2.43. The zero-order valence-electron chi connectivity index (χ0n) is 12.0. The lowest BCUT2D eigenvalue weighted by Gasteiger charge is -2.23. The van der Waals surface area contributed by atoms with Crippen molar-refractivity contribution < 1.29 is 9.50 Å². The second-order valence-electron chi connectivity index (χ2n) is 5.52. The summed E-state index contributed by atoms with van der Waals surface area (Å²) in [6, 6.07) is 14.1. The van der Waals surface area contributed by atoms with E-state index in [1.165, 1.54) is 6.07 Å². The van der Waals surface area contributed by atoms with Gasteiger partial charge in [-0.1, -0.05) is 36.4 Å². The Morgan fingerprint density at radius 2 is 1.81 bits per heavy atom. The molecule has 0 aliphatic carbocycles. The van der Waals surface area contributed by atoms with Gasteiger partial charge in [-0.05, 0) is 19.1 Å². The second-order valence-corrected chi connectivity index (χ2v) is 5.52. The van der Waals surface area contributed by atoms with Crippen LogP contribution < -0.4 is 0 Å². The van der Waals surface area contributed by atoms with E-state index in [0.717, 1.165) is 16.6 Å². The van der Waals surface area contributed by atoms with E-state index < -0.39 is 11.4 Å². The van der Waals surface area contributed by atoms with Crippen molar-refractivity contribution in [3.8, 4) is 0 Å². The van der Waals surface area contributed by atoms with E-state index in [-0.39, 0.29) is 6.42 Å². The third-order valence-corrected chi connectivity index (χ3v) is 3.80. The molecule has 0 amide bonds. The van der Waals surface area contributed by atoms with E-state index in [2.05, 4.69) is 5.10 Å². The molecule has 0 fully saturated rings. The Hall–Kier alpha value is -2.20. The molecule has 1 unspecified atom stereocenters. The highest BCUT2D eigenvalue weighted by molar-refractivity contribution is 5.82. The number of aromatic nitrogens is 2. The number of nitrogens with zero attached hydrogens (tertiary/aromatic N) is 2. The number of aliphatic hydroxyl groups is 1. The molecule has 0 aliphatic heterocycles. The normalized spacial score (nSPS) is 14.3. The van der Waals surface area contributed by atoms with Crippen molar-refractivity contribution in [1.82, 2.24) is 9.78 Å². The van der Waals surface area contributed by atoms with Crippen LogP contribution in [-0.2, 0) is 19.1 Å². The largest absolute Gasteiger partial charge is 0.385 e. The number of benzene rings is 2. The SMILES string of the molecule is Cn1nc(CC(C)(O)c2ccccc2F)c2ccccc21. The maximum atomic E-state index is 13.9. The number of para-hydroxylation sites is 1. The van der Waals surface area contributed by atoms with Gasteiger partial charge < -0.3 is 5.11 Å². The molecule has 3 rings (SSSR count). The predicted molar refractivity (Wildman–Crippen MR) is 80.4 cm³/mol. The first-order valence-corrected chi connectivity index (χ1v) is 6.87. The monoisotopic (exact) mass is 284 g/mol. The van der Waals surface area contributed by atoms with E-state index >= 15 is 0 Å². The highest BCUT2D eigenvalue weighted by Gasteiger charge is 2.28. The van der Waals surface area contributed by atoms with Crippen molar-refractivity contribution in [3.63, 3.8) is 0 Å².